The van der Waals surface area contributed by atoms with Crippen LogP contribution in [-0.2, 0) is 19.6 Å². The largest absolute Gasteiger partial charge is 0.303 e. The summed E-state index contributed by atoms with van der Waals surface area (Å²) in [6.45, 7) is 7.77. The molecule has 4 heterocycles. The summed E-state index contributed by atoms with van der Waals surface area (Å²) in [4.78, 5) is 9.71. The molecule has 2 aromatic rings. The lowest BCUT2D eigenvalue weighted by molar-refractivity contribution is 0.149. The van der Waals surface area contributed by atoms with Crippen LogP contribution in [0.4, 0.5) is 0 Å². The van der Waals surface area contributed by atoms with Crippen LogP contribution in [0.5, 0.6) is 0 Å². The van der Waals surface area contributed by atoms with Crippen LogP contribution in [0.3, 0.4) is 0 Å². The van der Waals surface area contributed by atoms with E-state index in [1.807, 2.05) is 18.5 Å². The van der Waals surface area contributed by atoms with Crippen molar-refractivity contribution in [3.05, 3.63) is 48.0 Å². The van der Waals surface area contributed by atoms with Gasteiger partial charge in [-0.25, -0.2) is 0 Å². The average Bonchev–Trinajstić information content (AvgIpc) is 2.96. The van der Waals surface area contributed by atoms with Crippen LogP contribution in [0.25, 0.3) is 0 Å². The number of likely N-dealkylation sites (tertiary alicyclic amines) is 1. The molecule has 0 amide bonds. The minimum absolute atomic E-state index is 0.632. The van der Waals surface area contributed by atoms with E-state index in [1.165, 1.54) is 44.6 Å². The highest BCUT2D eigenvalue weighted by Gasteiger charge is 2.25. The molecule has 0 unspecified atom stereocenters. The van der Waals surface area contributed by atoms with Gasteiger partial charge in [0, 0.05) is 51.0 Å². The Labute approximate surface area is 144 Å². The number of pyridine rings is 1. The molecule has 5 nitrogen and oxygen atoms in total. The summed E-state index contributed by atoms with van der Waals surface area (Å²) in [5.41, 5.74) is 2.48. The third kappa shape index (κ3) is 3.84. The summed E-state index contributed by atoms with van der Waals surface area (Å²) >= 11 is 0. The van der Waals surface area contributed by atoms with Crippen molar-refractivity contribution in [2.45, 2.75) is 38.9 Å². The Morgan fingerprint density at radius 3 is 2.71 bits per heavy atom. The summed E-state index contributed by atoms with van der Waals surface area (Å²) in [6, 6.07) is 8.35. The predicted molar refractivity (Wildman–Crippen MR) is 94.4 cm³/mol. The number of piperidine rings is 1. The molecule has 0 N–H and O–H groups in total. The van der Waals surface area contributed by atoms with E-state index in [4.69, 9.17) is 0 Å². The molecule has 5 heteroatoms. The number of hydrogen-bond donors (Lipinski definition) is 0. The maximum atomic E-state index is 4.56. The van der Waals surface area contributed by atoms with Crippen molar-refractivity contribution in [3.8, 4) is 0 Å². The average molecular weight is 325 g/mol. The first-order valence-electron chi connectivity index (χ1n) is 9.22. The summed E-state index contributed by atoms with van der Waals surface area (Å²) in [7, 11) is 0. The second kappa shape index (κ2) is 7.45. The van der Waals surface area contributed by atoms with E-state index in [-0.39, 0.29) is 0 Å². The number of nitrogens with zero attached hydrogens (tertiary/aromatic N) is 5. The Hall–Kier alpha value is -1.72. The first kappa shape index (κ1) is 15.8. The van der Waals surface area contributed by atoms with E-state index < -0.39 is 0 Å². The molecule has 0 bridgehead atoms. The van der Waals surface area contributed by atoms with Gasteiger partial charge in [0.15, 0.2) is 0 Å². The van der Waals surface area contributed by atoms with E-state index in [2.05, 4.69) is 42.8 Å². The Kier molecular flexibility index (Phi) is 4.90. The van der Waals surface area contributed by atoms with Gasteiger partial charge in [0.2, 0.25) is 0 Å². The van der Waals surface area contributed by atoms with E-state index in [9.17, 15) is 0 Å². The van der Waals surface area contributed by atoms with E-state index in [0.29, 0.717) is 5.92 Å². The van der Waals surface area contributed by atoms with Gasteiger partial charge in [-0.15, -0.1) is 0 Å². The molecule has 1 saturated heterocycles. The summed E-state index contributed by atoms with van der Waals surface area (Å²) < 4.78 is 2.22. The molecule has 4 rings (SSSR count). The lowest BCUT2D eigenvalue weighted by atomic mass is 10.1. The van der Waals surface area contributed by atoms with Crippen LogP contribution >= 0.6 is 0 Å². The normalized spacial score (nSPS) is 22.9. The van der Waals surface area contributed by atoms with Gasteiger partial charge in [-0.05, 0) is 44.1 Å². The van der Waals surface area contributed by atoms with Crippen LogP contribution in [0, 0.1) is 5.92 Å². The molecule has 0 radical (unpaired) electrons. The van der Waals surface area contributed by atoms with Crippen molar-refractivity contribution in [2.75, 3.05) is 26.2 Å². The zero-order chi connectivity index (χ0) is 16.2. The number of fused-ring (bicyclic) bond motifs is 1. The molecule has 1 fully saturated rings. The maximum Gasteiger partial charge on any atom is 0.0544 e. The third-order valence-corrected chi connectivity index (χ3v) is 5.21. The van der Waals surface area contributed by atoms with Crippen molar-refractivity contribution in [2.24, 2.45) is 5.92 Å². The van der Waals surface area contributed by atoms with Crippen molar-refractivity contribution < 1.29 is 0 Å². The maximum absolute atomic E-state index is 4.56. The van der Waals surface area contributed by atoms with Gasteiger partial charge >= 0.3 is 0 Å². The van der Waals surface area contributed by atoms with E-state index >= 15 is 0 Å². The van der Waals surface area contributed by atoms with Gasteiger partial charge in [0.05, 0.1) is 11.4 Å². The molecular weight excluding hydrogens is 298 g/mol. The molecule has 0 saturated carbocycles. The van der Waals surface area contributed by atoms with Crippen molar-refractivity contribution in [3.63, 3.8) is 0 Å². The fourth-order valence-corrected chi connectivity index (χ4v) is 4.08. The van der Waals surface area contributed by atoms with Gasteiger partial charge < -0.3 is 4.90 Å². The predicted octanol–water partition coefficient (Wildman–Crippen LogP) is 2.40. The van der Waals surface area contributed by atoms with E-state index in [1.54, 1.807) is 0 Å². The van der Waals surface area contributed by atoms with Gasteiger partial charge in [0.1, 0.15) is 0 Å². The van der Waals surface area contributed by atoms with Gasteiger partial charge in [-0.1, -0.05) is 12.5 Å². The lowest BCUT2D eigenvalue weighted by Crippen LogP contribution is -2.39. The molecule has 2 aromatic heterocycles. The monoisotopic (exact) mass is 325 g/mol. The third-order valence-electron chi connectivity index (χ3n) is 5.21. The molecule has 0 aromatic carbocycles. The molecule has 1 atom stereocenters. The fraction of sp³-hybridized carbons (Fsp3) is 0.579. The molecule has 0 spiro atoms. The SMILES string of the molecule is c1ccc(CN2Cc3ccnn3C[C@@H](CN3CCCCC3)C2)nc1. The summed E-state index contributed by atoms with van der Waals surface area (Å²) in [6.07, 6.45) is 7.95. The zero-order valence-electron chi connectivity index (χ0n) is 14.3. The summed E-state index contributed by atoms with van der Waals surface area (Å²) in [5, 5.41) is 4.56. The molecule has 128 valence electrons. The minimum atomic E-state index is 0.632. The van der Waals surface area contributed by atoms with Gasteiger partial charge in [-0.3, -0.25) is 14.6 Å². The Bertz CT molecular complexity index is 632. The van der Waals surface area contributed by atoms with Crippen LogP contribution in [-0.4, -0.2) is 50.7 Å². The van der Waals surface area contributed by atoms with Crippen LogP contribution in [0.1, 0.15) is 30.7 Å². The Morgan fingerprint density at radius 1 is 0.958 bits per heavy atom. The molecule has 2 aliphatic heterocycles. The zero-order valence-corrected chi connectivity index (χ0v) is 14.3. The van der Waals surface area contributed by atoms with Crippen molar-refractivity contribution in [1.29, 1.82) is 0 Å². The molecule has 24 heavy (non-hydrogen) atoms. The molecule has 2 aliphatic rings. The van der Waals surface area contributed by atoms with Crippen LogP contribution in [0.15, 0.2) is 36.7 Å². The topological polar surface area (TPSA) is 37.2 Å². The van der Waals surface area contributed by atoms with Crippen molar-refractivity contribution in [1.82, 2.24) is 24.6 Å². The van der Waals surface area contributed by atoms with Crippen LogP contribution in [0.2, 0.25) is 0 Å². The second-order valence-corrected chi connectivity index (χ2v) is 7.22. The number of aromatic nitrogens is 3. The van der Waals surface area contributed by atoms with E-state index in [0.717, 1.165) is 31.9 Å². The highest BCUT2D eigenvalue weighted by Crippen LogP contribution is 2.20. The highest BCUT2D eigenvalue weighted by molar-refractivity contribution is 5.06. The standard InChI is InChI=1S/C19H27N5/c1-4-10-22(11-5-1)12-17-13-23(15-18-6-2-3-8-20-18)16-19-7-9-21-24(19)14-17/h2-3,6-9,17H,1,4-5,10-16H2/t17-/m0/s1. The minimum Gasteiger partial charge on any atom is -0.303 e. The summed E-state index contributed by atoms with van der Waals surface area (Å²) in [5.74, 6) is 0.632. The molecule has 0 aliphatic carbocycles. The van der Waals surface area contributed by atoms with Gasteiger partial charge in [0.25, 0.3) is 0 Å². The van der Waals surface area contributed by atoms with Crippen LogP contribution < -0.4 is 0 Å². The Morgan fingerprint density at radius 2 is 1.88 bits per heavy atom. The molecular formula is C19H27N5. The highest BCUT2D eigenvalue weighted by atomic mass is 15.3. The fourth-order valence-electron chi connectivity index (χ4n) is 4.08. The van der Waals surface area contributed by atoms with Crippen molar-refractivity contribution >= 4 is 0 Å². The number of hydrogen-bond acceptors (Lipinski definition) is 4. The quantitative estimate of drug-likeness (QED) is 0.865. The first-order chi connectivity index (χ1) is 11.9. The van der Waals surface area contributed by atoms with Gasteiger partial charge in [-0.2, -0.15) is 5.10 Å². The smallest absolute Gasteiger partial charge is 0.0544 e. The number of rotatable bonds is 4. The first-order valence-corrected chi connectivity index (χ1v) is 9.22. The Balaban J connectivity index is 1.47. The second-order valence-electron chi connectivity index (χ2n) is 7.22. The lowest BCUT2D eigenvalue weighted by Gasteiger charge is -2.31.